The summed E-state index contributed by atoms with van der Waals surface area (Å²) in [5, 5.41) is 2.81. The number of nitrogens with one attached hydrogen (secondary N) is 2. The van der Waals surface area contributed by atoms with Crippen LogP contribution in [0.3, 0.4) is 0 Å². The summed E-state index contributed by atoms with van der Waals surface area (Å²) in [5.41, 5.74) is 2.49. The van der Waals surface area contributed by atoms with Crippen molar-refractivity contribution in [2.75, 3.05) is 30.0 Å². The van der Waals surface area contributed by atoms with Crippen molar-refractivity contribution in [3.05, 3.63) is 10.8 Å². The van der Waals surface area contributed by atoms with Crippen molar-refractivity contribution < 1.29 is 4.79 Å². The van der Waals surface area contributed by atoms with E-state index in [2.05, 4.69) is 36.6 Å². The van der Waals surface area contributed by atoms with E-state index < -0.39 is 0 Å². The van der Waals surface area contributed by atoms with E-state index in [1.807, 2.05) is 4.90 Å². The maximum absolute atomic E-state index is 11.3. The lowest BCUT2D eigenvalue weighted by Crippen LogP contribution is -2.29. The minimum atomic E-state index is 0.0647. The van der Waals surface area contributed by atoms with Crippen molar-refractivity contribution >= 4 is 33.5 Å². The Morgan fingerprint density at radius 2 is 2.29 bits per heavy atom. The standard InChI is InChI=1S/C9H13BrN6O/c10-7-8(15-11)13-5-14-9(7)16-3-1-6(17)12-2-4-16/h5H,1-4,11H2,(H,12,17)(H,13,14,15). The molecule has 1 aromatic rings. The molecule has 8 heteroatoms. The molecule has 1 aromatic heterocycles. The molecule has 0 unspecified atom stereocenters. The number of halogens is 1. The normalized spacial score (nSPS) is 16.4. The molecular weight excluding hydrogens is 288 g/mol. The van der Waals surface area contributed by atoms with E-state index in [-0.39, 0.29) is 5.91 Å². The van der Waals surface area contributed by atoms with Crippen molar-refractivity contribution in [3.63, 3.8) is 0 Å². The van der Waals surface area contributed by atoms with E-state index >= 15 is 0 Å². The summed E-state index contributed by atoms with van der Waals surface area (Å²) in [7, 11) is 0. The Hall–Kier alpha value is -1.41. The summed E-state index contributed by atoms with van der Waals surface area (Å²) in [6, 6.07) is 0. The molecule has 1 saturated heterocycles. The van der Waals surface area contributed by atoms with Crippen molar-refractivity contribution in [2.45, 2.75) is 6.42 Å². The van der Waals surface area contributed by atoms with E-state index in [0.29, 0.717) is 36.3 Å². The number of aromatic nitrogens is 2. The molecule has 2 rings (SSSR count). The van der Waals surface area contributed by atoms with E-state index in [4.69, 9.17) is 5.84 Å². The summed E-state index contributed by atoms with van der Waals surface area (Å²) in [4.78, 5) is 21.5. The number of hydrogen-bond donors (Lipinski definition) is 3. The van der Waals surface area contributed by atoms with E-state index in [0.717, 1.165) is 5.82 Å². The van der Waals surface area contributed by atoms with Crippen LogP contribution in [0, 0.1) is 0 Å². The van der Waals surface area contributed by atoms with Crippen LogP contribution < -0.4 is 21.5 Å². The fourth-order valence-electron chi connectivity index (χ4n) is 1.66. The topological polar surface area (TPSA) is 96.2 Å². The molecule has 0 bridgehead atoms. The van der Waals surface area contributed by atoms with E-state index in [9.17, 15) is 4.79 Å². The Balaban J connectivity index is 2.24. The summed E-state index contributed by atoms with van der Waals surface area (Å²) in [6.07, 6.45) is 1.90. The number of hydrazine groups is 1. The van der Waals surface area contributed by atoms with Crippen LogP contribution >= 0.6 is 15.9 Å². The van der Waals surface area contributed by atoms with Crippen molar-refractivity contribution in [3.8, 4) is 0 Å². The Labute approximate surface area is 107 Å². The monoisotopic (exact) mass is 300 g/mol. The zero-order chi connectivity index (χ0) is 12.3. The van der Waals surface area contributed by atoms with Crippen molar-refractivity contribution in [2.24, 2.45) is 5.84 Å². The van der Waals surface area contributed by atoms with Gasteiger partial charge in [0, 0.05) is 26.1 Å². The van der Waals surface area contributed by atoms with Crippen LogP contribution in [0.4, 0.5) is 11.6 Å². The SMILES string of the molecule is NNc1ncnc(N2CCNC(=O)CC2)c1Br. The third-order valence-corrected chi connectivity index (χ3v) is 3.25. The van der Waals surface area contributed by atoms with Gasteiger partial charge < -0.3 is 15.6 Å². The Morgan fingerprint density at radius 3 is 3.06 bits per heavy atom. The maximum atomic E-state index is 11.3. The van der Waals surface area contributed by atoms with E-state index in [1.165, 1.54) is 6.33 Å². The fraction of sp³-hybridized carbons (Fsp3) is 0.444. The third-order valence-electron chi connectivity index (χ3n) is 2.52. The third kappa shape index (κ3) is 2.64. The van der Waals surface area contributed by atoms with Gasteiger partial charge in [-0.2, -0.15) is 0 Å². The molecular formula is C9H13BrN6O. The van der Waals surface area contributed by atoms with E-state index in [1.54, 1.807) is 0 Å². The highest BCUT2D eigenvalue weighted by atomic mass is 79.9. The highest BCUT2D eigenvalue weighted by molar-refractivity contribution is 9.10. The first kappa shape index (κ1) is 12.1. The lowest BCUT2D eigenvalue weighted by Gasteiger charge is -2.22. The van der Waals surface area contributed by atoms with Gasteiger partial charge in [0.2, 0.25) is 5.91 Å². The number of anilines is 2. The lowest BCUT2D eigenvalue weighted by molar-refractivity contribution is -0.120. The maximum Gasteiger partial charge on any atom is 0.221 e. The quantitative estimate of drug-likeness (QED) is 0.519. The summed E-state index contributed by atoms with van der Waals surface area (Å²) in [5.74, 6) is 6.68. The average molecular weight is 301 g/mol. The smallest absolute Gasteiger partial charge is 0.221 e. The Bertz CT molecular complexity index is 426. The first-order chi connectivity index (χ1) is 8.22. The average Bonchev–Trinajstić information content (AvgIpc) is 2.54. The minimum absolute atomic E-state index is 0.0647. The van der Waals surface area contributed by atoms with Gasteiger partial charge in [-0.3, -0.25) is 4.79 Å². The van der Waals surface area contributed by atoms with Gasteiger partial charge in [0.25, 0.3) is 0 Å². The number of carbonyl (C=O) groups is 1. The molecule has 1 amide bonds. The molecule has 4 N–H and O–H groups in total. The molecule has 0 saturated carbocycles. The van der Waals surface area contributed by atoms with Gasteiger partial charge in [0.05, 0.1) is 0 Å². The van der Waals surface area contributed by atoms with Crippen LogP contribution in [0.15, 0.2) is 10.8 Å². The van der Waals surface area contributed by atoms with Gasteiger partial charge in [-0.05, 0) is 15.9 Å². The number of nitrogen functional groups attached to an aromatic ring is 1. The van der Waals surface area contributed by atoms with Crippen molar-refractivity contribution in [1.29, 1.82) is 0 Å². The molecule has 1 aliphatic heterocycles. The number of nitrogens with zero attached hydrogens (tertiary/aromatic N) is 3. The second-order valence-corrected chi connectivity index (χ2v) is 4.38. The van der Waals surface area contributed by atoms with Gasteiger partial charge in [-0.1, -0.05) is 0 Å². The highest BCUT2D eigenvalue weighted by Crippen LogP contribution is 2.28. The molecule has 0 atom stereocenters. The zero-order valence-corrected chi connectivity index (χ0v) is 10.7. The second kappa shape index (κ2) is 5.28. The van der Waals surface area contributed by atoms with Crippen molar-refractivity contribution in [1.82, 2.24) is 15.3 Å². The van der Waals surface area contributed by atoms with Crippen LogP contribution in [-0.4, -0.2) is 35.5 Å². The molecule has 0 aromatic carbocycles. The number of carbonyl (C=O) groups excluding carboxylic acids is 1. The predicted molar refractivity (Wildman–Crippen MR) is 67.4 cm³/mol. The summed E-state index contributed by atoms with van der Waals surface area (Å²) in [6.45, 7) is 1.96. The van der Waals surface area contributed by atoms with Crippen LogP contribution in [-0.2, 0) is 4.79 Å². The van der Waals surface area contributed by atoms with Gasteiger partial charge in [0.1, 0.15) is 16.6 Å². The second-order valence-electron chi connectivity index (χ2n) is 3.59. The number of nitrogens with two attached hydrogens (primary N) is 1. The van der Waals surface area contributed by atoms with Gasteiger partial charge >= 0.3 is 0 Å². The molecule has 0 radical (unpaired) electrons. The van der Waals surface area contributed by atoms with Gasteiger partial charge in [0.15, 0.2) is 5.82 Å². The van der Waals surface area contributed by atoms with Gasteiger partial charge in [-0.25, -0.2) is 15.8 Å². The molecule has 1 fully saturated rings. The largest absolute Gasteiger partial charge is 0.354 e. The van der Waals surface area contributed by atoms with Crippen LogP contribution in [0.5, 0.6) is 0 Å². The number of amides is 1. The Kier molecular flexibility index (Phi) is 3.75. The minimum Gasteiger partial charge on any atom is -0.354 e. The summed E-state index contributed by atoms with van der Waals surface area (Å²) < 4.78 is 0.705. The molecule has 1 aliphatic rings. The Morgan fingerprint density at radius 1 is 1.47 bits per heavy atom. The highest BCUT2D eigenvalue weighted by Gasteiger charge is 2.18. The predicted octanol–water partition coefficient (Wildman–Crippen LogP) is -0.149. The van der Waals surface area contributed by atoms with Crippen LogP contribution in [0.25, 0.3) is 0 Å². The first-order valence-electron chi connectivity index (χ1n) is 5.21. The molecule has 2 heterocycles. The number of rotatable bonds is 2. The lowest BCUT2D eigenvalue weighted by atomic mass is 10.3. The fourth-order valence-corrected chi connectivity index (χ4v) is 2.23. The zero-order valence-electron chi connectivity index (χ0n) is 9.11. The van der Waals surface area contributed by atoms with Gasteiger partial charge in [-0.15, -0.1) is 0 Å². The molecule has 17 heavy (non-hydrogen) atoms. The summed E-state index contributed by atoms with van der Waals surface area (Å²) >= 11 is 3.40. The van der Waals surface area contributed by atoms with Crippen LogP contribution in [0.1, 0.15) is 6.42 Å². The number of hydrogen-bond acceptors (Lipinski definition) is 6. The molecule has 0 spiro atoms. The molecule has 0 aliphatic carbocycles. The molecule has 7 nitrogen and oxygen atoms in total. The van der Waals surface area contributed by atoms with Crippen LogP contribution in [0.2, 0.25) is 0 Å². The first-order valence-corrected chi connectivity index (χ1v) is 6.00. The molecule has 92 valence electrons.